The predicted octanol–water partition coefficient (Wildman–Crippen LogP) is 1.80. The molecule has 0 aromatic rings. The van der Waals surface area contributed by atoms with E-state index in [9.17, 15) is 0 Å². The van der Waals surface area contributed by atoms with Gasteiger partial charge in [0.2, 0.25) is 0 Å². The number of nitrogens with two attached hydrogens (primary N) is 2. The van der Waals surface area contributed by atoms with Gasteiger partial charge >= 0.3 is 0 Å². The van der Waals surface area contributed by atoms with E-state index in [0.29, 0.717) is 0 Å². The monoisotopic (exact) mass is 232 g/mol. The van der Waals surface area contributed by atoms with Crippen LogP contribution in [-0.2, 0) is 32.7 Å². The molecule has 0 aromatic heterocycles. The first kappa shape index (κ1) is 22.5. The molecule has 0 atom stereocenters. The molecule has 0 aliphatic rings. The molecule has 0 aromatic carbocycles. The second-order valence-corrected chi connectivity index (χ2v) is 1.30. The minimum absolute atomic E-state index is 0. The standard InChI is InChI=1S/C5H10N2.C2H6.CH3.Y/c1-5(7)3-2-4-6;1-2;;/h2-4H,6-7H2,1H3;1-2H3;1H3;/q;;-1;/b4-2-,5-3-;;;. The molecule has 0 amide bonds. The van der Waals surface area contributed by atoms with E-state index in [1.165, 1.54) is 6.20 Å². The fourth-order valence-electron chi connectivity index (χ4n) is 0.207. The Balaban J connectivity index is -0.0000000564. The Morgan fingerprint density at radius 2 is 1.64 bits per heavy atom. The predicted molar refractivity (Wildman–Crippen MR) is 49.0 cm³/mol. The Bertz CT molecular complexity index is 94.3. The summed E-state index contributed by atoms with van der Waals surface area (Å²) >= 11 is 0. The molecule has 11 heavy (non-hydrogen) atoms. The third-order valence-corrected chi connectivity index (χ3v) is 0.470. The fraction of sp³-hybridized carbons (Fsp3) is 0.375. The van der Waals surface area contributed by atoms with E-state index in [1.807, 2.05) is 13.8 Å². The Hall–Kier alpha value is 0.184. The van der Waals surface area contributed by atoms with E-state index in [-0.39, 0.29) is 40.1 Å². The maximum absolute atomic E-state index is 5.23. The van der Waals surface area contributed by atoms with Crippen LogP contribution in [0, 0.1) is 7.43 Å². The third kappa shape index (κ3) is 39.0. The van der Waals surface area contributed by atoms with E-state index in [2.05, 4.69) is 0 Å². The van der Waals surface area contributed by atoms with E-state index < -0.39 is 0 Å². The van der Waals surface area contributed by atoms with Crippen molar-refractivity contribution in [3.63, 3.8) is 0 Å². The van der Waals surface area contributed by atoms with Crippen LogP contribution in [0.2, 0.25) is 0 Å². The van der Waals surface area contributed by atoms with Crippen LogP contribution in [0.3, 0.4) is 0 Å². The smallest absolute Gasteiger partial charge is 0.00494 e. The van der Waals surface area contributed by atoms with Gasteiger partial charge in [-0.2, -0.15) is 0 Å². The number of hydrogen-bond donors (Lipinski definition) is 2. The van der Waals surface area contributed by atoms with Gasteiger partial charge in [-0.05, 0) is 25.3 Å². The molecule has 0 aliphatic heterocycles. The van der Waals surface area contributed by atoms with Crippen molar-refractivity contribution < 1.29 is 32.7 Å². The van der Waals surface area contributed by atoms with Crippen molar-refractivity contribution in [2.75, 3.05) is 0 Å². The maximum atomic E-state index is 5.23. The molecule has 0 spiro atoms. The quantitative estimate of drug-likeness (QED) is 0.535. The molecule has 0 fully saturated rings. The van der Waals surface area contributed by atoms with Gasteiger partial charge in [0.25, 0.3) is 0 Å². The molecule has 3 heteroatoms. The average Bonchev–Trinajstić information content (AvgIpc) is 1.88. The summed E-state index contributed by atoms with van der Waals surface area (Å²) in [6, 6.07) is 0. The van der Waals surface area contributed by atoms with E-state index >= 15 is 0 Å². The Morgan fingerprint density at radius 1 is 1.27 bits per heavy atom. The van der Waals surface area contributed by atoms with Crippen LogP contribution in [0.5, 0.6) is 0 Å². The largest absolute Gasteiger partial charge is 0.405 e. The van der Waals surface area contributed by atoms with Crippen molar-refractivity contribution in [2.45, 2.75) is 20.8 Å². The Kier molecular flexibility index (Phi) is 45.9. The summed E-state index contributed by atoms with van der Waals surface area (Å²) in [7, 11) is 0. The SMILES string of the molecule is C/C(N)=C/C=C\N.CC.[CH3-].[Y]. The molecule has 65 valence electrons. The summed E-state index contributed by atoms with van der Waals surface area (Å²) in [6.45, 7) is 5.81. The molecule has 0 saturated heterocycles. The summed E-state index contributed by atoms with van der Waals surface area (Å²) in [6.07, 6.45) is 4.87. The molecule has 2 nitrogen and oxygen atoms in total. The summed E-state index contributed by atoms with van der Waals surface area (Å²) in [5.74, 6) is 0. The molecular formula is C8H19N2Y-. The summed E-state index contributed by atoms with van der Waals surface area (Å²) in [5.41, 5.74) is 11.0. The molecule has 0 saturated carbocycles. The normalized spacial score (nSPS) is 8.82. The second kappa shape index (κ2) is 22.5. The third-order valence-electron chi connectivity index (χ3n) is 0.470. The van der Waals surface area contributed by atoms with Gasteiger partial charge in [0.05, 0.1) is 0 Å². The summed E-state index contributed by atoms with van der Waals surface area (Å²) < 4.78 is 0. The minimum Gasteiger partial charge on any atom is -0.405 e. The second-order valence-electron chi connectivity index (χ2n) is 1.30. The van der Waals surface area contributed by atoms with Gasteiger partial charge in [-0.25, -0.2) is 0 Å². The molecule has 0 aliphatic carbocycles. The van der Waals surface area contributed by atoms with Gasteiger partial charge in [-0.1, -0.05) is 13.8 Å². The van der Waals surface area contributed by atoms with Crippen molar-refractivity contribution in [1.82, 2.24) is 0 Å². The first-order valence-electron chi connectivity index (χ1n) is 3.08. The topological polar surface area (TPSA) is 52.0 Å². The molecular weight excluding hydrogens is 213 g/mol. The van der Waals surface area contributed by atoms with Crippen molar-refractivity contribution in [1.29, 1.82) is 0 Å². The molecule has 0 unspecified atom stereocenters. The molecule has 4 N–H and O–H groups in total. The summed E-state index contributed by atoms with van der Waals surface area (Å²) in [5, 5.41) is 0. The molecule has 1 radical (unpaired) electrons. The van der Waals surface area contributed by atoms with Crippen LogP contribution in [-0.4, -0.2) is 0 Å². The van der Waals surface area contributed by atoms with Gasteiger partial charge in [0, 0.05) is 38.4 Å². The van der Waals surface area contributed by atoms with Crippen LogP contribution in [0.4, 0.5) is 0 Å². The molecule has 0 rings (SSSR count). The summed E-state index contributed by atoms with van der Waals surface area (Å²) in [4.78, 5) is 0. The average molecular weight is 232 g/mol. The first-order chi connectivity index (χ1) is 4.27. The van der Waals surface area contributed by atoms with Crippen LogP contribution < -0.4 is 11.5 Å². The van der Waals surface area contributed by atoms with Gasteiger partial charge in [-0.15, -0.1) is 0 Å². The maximum Gasteiger partial charge on any atom is 0.00494 e. The first-order valence-corrected chi connectivity index (χ1v) is 3.08. The van der Waals surface area contributed by atoms with Crippen molar-refractivity contribution >= 4 is 0 Å². The number of hydrogen-bond acceptors (Lipinski definition) is 2. The van der Waals surface area contributed by atoms with Crippen molar-refractivity contribution in [2.24, 2.45) is 11.5 Å². The number of allylic oxidation sites excluding steroid dienone is 3. The van der Waals surface area contributed by atoms with E-state index in [0.717, 1.165) is 5.70 Å². The van der Waals surface area contributed by atoms with Crippen LogP contribution in [0.25, 0.3) is 0 Å². The van der Waals surface area contributed by atoms with Crippen LogP contribution >= 0.6 is 0 Å². The van der Waals surface area contributed by atoms with Crippen molar-refractivity contribution in [3.05, 3.63) is 31.5 Å². The number of rotatable bonds is 1. The van der Waals surface area contributed by atoms with Gasteiger partial charge in [0.1, 0.15) is 0 Å². The molecule has 0 bridgehead atoms. The zero-order chi connectivity index (χ0) is 7.70. The Morgan fingerprint density at radius 3 is 1.73 bits per heavy atom. The zero-order valence-electron chi connectivity index (χ0n) is 7.96. The minimum atomic E-state index is 0. The van der Waals surface area contributed by atoms with Gasteiger partial charge < -0.3 is 18.9 Å². The Labute approximate surface area is 96.0 Å². The van der Waals surface area contributed by atoms with Gasteiger partial charge in [-0.3, -0.25) is 0 Å². The van der Waals surface area contributed by atoms with E-state index in [4.69, 9.17) is 11.5 Å². The van der Waals surface area contributed by atoms with Crippen LogP contribution in [0.1, 0.15) is 20.8 Å². The van der Waals surface area contributed by atoms with Crippen LogP contribution in [0.15, 0.2) is 24.0 Å². The zero-order valence-corrected chi connectivity index (χ0v) is 10.8. The molecule has 0 heterocycles. The fourth-order valence-corrected chi connectivity index (χ4v) is 0.207. The van der Waals surface area contributed by atoms with Gasteiger partial charge in [0.15, 0.2) is 0 Å². The van der Waals surface area contributed by atoms with Crippen molar-refractivity contribution in [3.8, 4) is 0 Å². The van der Waals surface area contributed by atoms with E-state index in [1.54, 1.807) is 19.1 Å².